The van der Waals surface area contributed by atoms with Crippen molar-refractivity contribution in [3.8, 4) is 40.7 Å². The molecule has 5 heteroatoms. The summed E-state index contributed by atoms with van der Waals surface area (Å²) >= 11 is 0. The molecule has 2 aromatic heterocycles. The largest absolute Gasteiger partial charge is 0.309 e. The molecule has 0 aliphatic heterocycles. The number of rotatable bonds is 3. The van der Waals surface area contributed by atoms with Gasteiger partial charge in [-0.15, -0.1) is 0 Å². The summed E-state index contributed by atoms with van der Waals surface area (Å²) < 4.78 is 4.38. The number of nitrogens with zero attached hydrogens (tertiary/aromatic N) is 5. The predicted molar refractivity (Wildman–Crippen MR) is 175 cm³/mol. The van der Waals surface area contributed by atoms with Crippen molar-refractivity contribution in [2.24, 2.45) is 0 Å². The van der Waals surface area contributed by atoms with E-state index >= 15 is 0 Å². The van der Waals surface area contributed by atoms with Gasteiger partial charge in [0.05, 0.1) is 56.6 Å². The molecule has 0 saturated heterocycles. The highest BCUT2D eigenvalue weighted by atomic mass is 15.0. The van der Waals surface area contributed by atoms with E-state index in [9.17, 15) is 15.8 Å². The summed E-state index contributed by atoms with van der Waals surface area (Å²) in [5.41, 5.74) is 9.72. The lowest BCUT2D eigenvalue weighted by molar-refractivity contribution is 1.17. The Morgan fingerprint density at radius 1 is 0.455 bits per heavy atom. The second kappa shape index (κ2) is 9.74. The van der Waals surface area contributed by atoms with Crippen molar-refractivity contribution in [3.63, 3.8) is 0 Å². The monoisotopic (exact) mass is 559 g/mol. The van der Waals surface area contributed by atoms with E-state index in [0.29, 0.717) is 16.7 Å². The van der Waals surface area contributed by atoms with Crippen LogP contribution in [0.15, 0.2) is 127 Å². The standard InChI is InChI=1S/C39H21N5/c40-22-25-12-16-29(17-13-25)43-36-11-4-2-7-31(36)32-9-5-8-30(39(32)43)27-15-19-38-34(21-27)33-20-26(23-41)14-18-37(33)44(38)35-10-3-1-6-28(35)24-42/h1-21H. The minimum absolute atomic E-state index is 0.580. The van der Waals surface area contributed by atoms with Gasteiger partial charge in [-0.3, -0.25) is 0 Å². The van der Waals surface area contributed by atoms with Crippen molar-refractivity contribution in [1.29, 1.82) is 15.8 Å². The van der Waals surface area contributed by atoms with Crippen LogP contribution in [0, 0.1) is 34.0 Å². The fourth-order valence-corrected chi connectivity index (χ4v) is 6.49. The first-order valence-electron chi connectivity index (χ1n) is 14.2. The molecule has 0 saturated carbocycles. The number of nitriles is 3. The van der Waals surface area contributed by atoms with Gasteiger partial charge in [-0.25, -0.2) is 0 Å². The molecular weight excluding hydrogens is 538 g/mol. The Hall–Kier alpha value is -6.61. The number of hydrogen-bond donors (Lipinski definition) is 0. The average molecular weight is 560 g/mol. The third-order valence-corrected chi connectivity index (χ3v) is 8.42. The first-order valence-corrected chi connectivity index (χ1v) is 14.2. The van der Waals surface area contributed by atoms with E-state index in [2.05, 4.69) is 81.9 Å². The molecule has 0 fully saturated rings. The topological polar surface area (TPSA) is 81.2 Å². The second-order valence-electron chi connectivity index (χ2n) is 10.8. The molecule has 0 amide bonds. The summed E-state index contributed by atoms with van der Waals surface area (Å²) in [6.45, 7) is 0. The maximum absolute atomic E-state index is 9.92. The molecule has 0 aliphatic rings. The highest BCUT2D eigenvalue weighted by molar-refractivity contribution is 6.15. The quantitative estimate of drug-likeness (QED) is 0.216. The van der Waals surface area contributed by atoms with Crippen LogP contribution in [0.1, 0.15) is 16.7 Å². The molecule has 2 heterocycles. The minimum atomic E-state index is 0.580. The molecule has 44 heavy (non-hydrogen) atoms. The Bertz CT molecular complexity index is 2580. The molecule has 202 valence electrons. The maximum atomic E-state index is 9.92. The number of benzene rings is 6. The fourth-order valence-electron chi connectivity index (χ4n) is 6.49. The van der Waals surface area contributed by atoms with E-state index in [1.165, 1.54) is 0 Å². The highest BCUT2D eigenvalue weighted by Crippen LogP contribution is 2.41. The zero-order chi connectivity index (χ0) is 29.8. The van der Waals surface area contributed by atoms with Gasteiger partial charge < -0.3 is 9.13 Å². The van der Waals surface area contributed by atoms with Gasteiger partial charge in [0.1, 0.15) is 6.07 Å². The van der Waals surface area contributed by atoms with Gasteiger partial charge in [-0.2, -0.15) is 15.8 Å². The van der Waals surface area contributed by atoms with Crippen LogP contribution in [0.5, 0.6) is 0 Å². The first-order chi connectivity index (χ1) is 21.7. The molecule has 0 radical (unpaired) electrons. The summed E-state index contributed by atoms with van der Waals surface area (Å²) in [6, 6.07) is 49.1. The van der Waals surface area contributed by atoms with Crippen LogP contribution in [-0.4, -0.2) is 9.13 Å². The predicted octanol–water partition coefficient (Wildman–Crippen LogP) is 9.16. The van der Waals surface area contributed by atoms with Crippen molar-refractivity contribution in [2.45, 2.75) is 0 Å². The molecule has 0 spiro atoms. The molecule has 0 aliphatic carbocycles. The highest BCUT2D eigenvalue weighted by Gasteiger charge is 2.19. The Labute approximate surface area is 252 Å². The van der Waals surface area contributed by atoms with Gasteiger partial charge in [0.2, 0.25) is 0 Å². The van der Waals surface area contributed by atoms with Crippen LogP contribution < -0.4 is 0 Å². The molecule has 0 N–H and O–H groups in total. The van der Waals surface area contributed by atoms with Gasteiger partial charge in [-0.1, -0.05) is 54.6 Å². The molecule has 0 atom stereocenters. The van der Waals surface area contributed by atoms with Crippen LogP contribution in [0.4, 0.5) is 0 Å². The van der Waals surface area contributed by atoms with Crippen LogP contribution in [0.2, 0.25) is 0 Å². The normalized spacial score (nSPS) is 11.1. The maximum Gasteiger partial charge on any atom is 0.101 e. The van der Waals surface area contributed by atoms with Gasteiger partial charge in [0, 0.05) is 32.8 Å². The third-order valence-electron chi connectivity index (χ3n) is 8.42. The molecule has 0 unspecified atom stereocenters. The molecule has 6 aromatic carbocycles. The summed E-state index contributed by atoms with van der Waals surface area (Å²) in [7, 11) is 0. The van der Waals surface area contributed by atoms with E-state index in [0.717, 1.165) is 66.1 Å². The van der Waals surface area contributed by atoms with Crippen LogP contribution >= 0.6 is 0 Å². The van der Waals surface area contributed by atoms with E-state index < -0.39 is 0 Å². The lowest BCUT2D eigenvalue weighted by Crippen LogP contribution is -1.97. The molecule has 5 nitrogen and oxygen atoms in total. The van der Waals surface area contributed by atoms with Gasteiger partial charge in [0.15, 0.2) is 0 Å². The van der Waals surface area contributed by atoms with Gasteiger partial charge in [-0.05, 0) is 78.4 Å². The smallest absolute Gasteiger partial charge is 0.101 e. The second-order valence-corrected chi connectivity index (χ2v) is 10.8. The average Bonchev–Trinajstić information content (AvgIpc) is 3.60. The number of fused-ring (bicyclic) bond motifs is 6. The zero-order valence-electron chi connectivity index (χ0n) is 23.4. The molecule has 8 aromatic rings. The van der Waals surface area contributed by atoms with Crippen molar-refractivity contribution in [3.05, 3.63) is 144 Å². The minimum Gasteiger partial charge on any atom is -0.309 e. The van der Waals surface area contributed by atoms with Gasteiger partial charge in [0.25, 0.3) is 0 Å². The Morgan fingerprint density at radius 2 is 1.11 bits per heavy atom. The number of para-hydroxylation sites is 3. The van der Waals surface area contributed by atoms with Crippen LogP contribution in [0.3, 0.4) is 0 Å². The van der Waals surface area contributed by atoms with Crippen molar-refractivity contribution >= 4 is 43.6 Å². The van der Waals surface area contributed by atoms with Crippen molar-refractivity contribution < 1.29 is 0 Å². The Balaban J connectivity index is 1.46. The van der Waals surface area contributed by atoms with E-state index in [1.54, 1.807) is 0 Å². The van der Waals surface area contributed by atoms with E-state index in [4.69, 9.17) is 0 Å². The fraction of sp³-hybridized carbons (Fsp3) is 0. The summed E-state index contributed by atoms with van der Waals surface area (Å²) in [4.78, 5) is 0. The lowest BCUT2D eigenvalue weighted by Gasteiger charge is -2.13. The SMILES string of the molecule is N#Cc1ccc(-n2c3ccccc3c3cccc(-c4ccc5c(c4)c4cc(C#N)ccc4n5-c4ccccc4C#N)c32)cc1. The van der Waals surface area contributed by atoms with E-state index in [-0.39, 0.29) is 0 Å². The first kappa shape index (κ1) is 25.1. The molecule has 8 rings (SSSR count). The van der Waals surface area contributed by atoms with E-state index in [1.807, 2.05) is 72.8 Å². The lowest BCUT2D eigenvalue weighted by atomic mass is 9.99. The Morgan fingerprint density at radius 3 is 1.91 bits per heavy atom. The summed E-state index contributed by atoms with van der Waals surface area (Å²) in [6.07, 6.45) is 0. The number of aromatic nitrogens is 2. The number of hydrogen-bond acceptors (Lipinski definition) is 3. The third kappa shape index (κ3) is 3.63. The van der Waals surface area contributed by atoms with Crippen LogP contribution in [-0.2, 0) is 0 Å². The van der Waals surface area contributed by atoms with Crippen LogP contribution in [0.25, 0.3) is 66.1 Å². The zero-order valence-corrected chi connectivity index (χ0v) is 23.4. The summed E-state index contributed by atoms with van der Waals surface area (Å²) in [5.74, 6) is 0. The molecule has 0 bridgehead atoms. The Kier molecular flexibility index (Phi) is 5.56. The van der Waals surface area contributed by atoms with Crippen molar-refractivity contribution in [2.75, 3.05) is 0 Å². The van der Waals surface area contributed by atoms with Gasteiger partial charge >= 0.3 is 0 Å². The summed E-state index contributed by atoms with van der Waals surface area (Å²) in [5, 5.41) is 33.3. The molecular formula is C39H21N5. The van der Waals surface area contributed by atoms with Crippen molar-refractivity contribution in [1.82, 2.24) is 9.13 Å².